The standard InChI is InChI=1S/C11H25Si/c1-7-10(5)12(9(3)4)11(6)8-2/h9-11H,7-8H2,1-6H3. The highest BCUT2D eigenvalue weighted by molar-refractivity contribution is 6.63. The van der Waals surface area contributed by atoms with Crippen LogP contribution in [0, 0.1) is 0 Å². The topological polar surface area (TPSA) is 0 Å². The first-order valence-corrected chi connectivity index (χ1v) is 7.14. The predicted molar refractivity (Wildman–Crippen MR) is 60.3 cm³/mol. The van der Waals surface area contributed by atoms with Crippen molar-refractivity contribution in [1.29, 1.82) is 0 Å². The van der Waals surface area contributed by atoms with Crippen molar-refractivity contribution in [3.05, 3.63) is 0 Å². The normalized spacial score (nSPS) is 17.0. The zero-order valence-electron chi connectivity index (χ0n) is 9.65. The Labute approximate surface area is 80.4 Å². The van der Waals surface area contributed by atoms with Crippen LogP contribution in [0.3, 0.4) is 0 Å². The van der Waals surface area contributed by atoms with Gasteiger partial charge in [-0.25, -0.2) is 0 Å². The SMILES string of the molecule is CCC(C)[Si](C(C)C)C(C)CC. The molecule has 0 nitrogen and oxygen atoms in total. The zero-order chi connectivity index (χ0) is 9.72. The molecule has 1 heteroatoms. The van der Waals surface area contributed by atoms with Crippen molar-refractivity contribution in [3.8, 4) is 0 Å². The summed E-state index contributed by atoms with van der Waals surface area (Å²) in [5, 5.41) is 0. The Balaban J connectivity index is 4.21. The van der Waals surface area contributed by atoms with Crippen LogP contribution in [0.25, 0.3) is 0 Å². The molecule has 0 aromatic carbocycles. The van der Waals surface area contributed by atoms with Gasteiger partial charge < -0.3 is 0 Å². The van der Waals surface area contributed by atoms with Gasteiger partial charge in [0.2, 0.25) is 0 Å². The monoisotopic (exact) mass is 185 g/mol. The molecule has 0 amide bonds. The van der Waals surface area contributed by atoms with Crippen LogP contribution in [0.15, 0.2) is 0 Å². The molecule has 0 aliphatic heterocycles. The third kappa shape index (κ3) is 3.30. The zero-order valence-corrected chi connectivity index (χ0v) is 10.6. The highest BCUT2D eigenvalue weighted by Gasteiger charge is 2.26. The molecule has 0 spiro atoms. The average molecular weight is 185 g/mol. The van der Waals surface area contributed by atoms with Crippen LogP contribution in [0.4, 0.5) is 0 Å². The quantitative estimate of drug-likeness (QED) is 0.554. The van der Waals surface area contributed by atoms with E-state index in [1.807, 2.05) is 0 Å². The molecule has 2 atom stereocenters. The molecule has 73 valence electrons. The van der Waals surface area contributed by atoms with E-state index in [1.165, 1.54) is 12.8 Å². The summed E-state index contributed by atoms with van der Waals surface area (Å²) >= 11 is 0. The molecule has 0 aliphatic carbocycles. The van der Waals surface area contributed by atoms with E-state index < -0.39 is 0 Å². The van der Waals surface area contributed by atoms with Crippen LogP contribution in [-0.4, -0.2) is 8.80 Å². The van der Waals surface area contributed by atoms with E-state index in [0.717, 1.165) is 16.6 Å². The van der Waals surface area contributed by atoms with Crippen LogP contribution in [0.1, 0.15) is 54.4 Å². The summed E-state index contributed by atoms with van der Waals surface area (Å²) in [6.07, 6.45) is 2.74. The van der Waals surface area contributed by atoms with Crippen molar-refractivity contribution in [2.24, 2.45) is 0 Å². The second-order valence-electron chi connectivity index (χ2n) is 4.27. The molecular formula is C11H25Si. The molecule has 0 N–H and O–H groups in total. The third-order valence-corrected chi connectivity index (χ3v) is 7.46. The Kier molecular flexibility index (Phi) is 5.90. The van der Waals surface area contributed by atoms with Crippen molar-refractivity contribution < 1.29 is 0 Å². The summed E-state index contributed by atoms with van der Waals surface area (Å²) in [7, 11) is -0.119. The maximum absolute atomic E-state index is 2.44. The van der Waals surface area contributed by atoms with Gasteiger partial charge in [-0.15, -0.1) is 0 Å². The van der Waals surface area contributed by atoms with Gasteiger partial charge in [0, 0.05) is 0 Å². The molecule has 0 aromatic heterocycles. The minimum atomic E-state index is -0.119. The summed E-state index contributed by atoms with van der Waals surface area (Å²) in [5.74, 6) is 0. The molecule has 0 heterocycles. The smallest absolute Gasteiger partial charge is 0.0567 e. The Morgan fingerprint density at radius 2 is 1.17 bits per heavy atom. The molecule has 0 aromatic rings. The summed E-state index contributed by atoms with van der Waals surface area (Å²) in [5.41, 5.74) is 2.93. The summed E-state index contributed by atoms with van der Waals surface area (Å²) < 4.78 is 0. The Morgan fingerprint density at radius 1 is 0.833 bits per heavy atom. The lowest BCUT2D eigenvalue weighted by Crippen LogP contribution is -2.26. The molecule has 0 aliphatic rings. The van der Waals surface area contributed by atoms with Crippen molar-refractivity contribution >= 4 is 8.80 Å². The van der Waals surface area contributed by atoms with Gasteiger partial charge >= 0.3 is 0 Å². The van der Waals surface area contributed by atoms with E-state index in [1.54, 1.807) is 0 Å². The fourth-order valence-electron chi connectivity index (χ4n) is 2.10. The fraction of sp³-hybridized carbons (Fsp3) is 1.00. The minimum absolute atomic E-state index is 0.119. The van der Waals surface area contributed by atoms with E-state index in [2.05, 4.69) is 41.5 Å². The first-order valence-electron chi connectivity index (χ1n) is 5.41. The van der Waals surface area contributed by atoms with E-state index in [0.29, 0.717) is 0 Å². The van der Waals surface area contributed by atoms with Crippen molar-refractivity contribution in [1.82, 2.24) is 0 Å². The number of hydrogen-bond acceptors (Lipinski definition) is 0. The average Bonchev–Trinajstić information content (AvgIpc) is 2.03. The predicted octanol–water partition coefficient (Wildman–Crippen LogP) is 4.49. The maximum Gasteiger partial charge on any atom is 0.0567 e. The lowest BCUT2D eigenvalue weighted by molar-refractivity contribution is 0.749. The van der Waals surface area contributed by atoms with Crippen LogP contribution < -0.4 is 0 Å². The lowest BCUT2D eigenvalue weighted by Gasteiger charge is -2.30. The highest BCUT2D eigenvalue weighted by Crippen LogP contribution is 2.33. The van der Waals surface area contributed by atoms with E-state index in [-0.39, 0.29) is 8.80 Å². The largest absolute Gasteiger partial charge is 0.0654 e. The van der Waals surface area contributed by atoms with E-state index in [4.69, 9.17) is 0 Å². The van der Waals surface area contributed by atoms with Crippen LogP contribution >= 0.6 is 0 Å². The van der Waals surface area contributed by atoms with Gasteiger partial charge in [-0.2, -0.15) is 0 Å². The fourth-order valence-corrected chi connectivity index (χ4v) is 6.29. The molecule has 12 heavy (non-hydrogen) atoms. The Morgan fingerprint density at radius 3 is 1.33 bits per heavy atom. The highest BCUT2D eigenvalue weighted by atomic mass is 28.3. The summed E-state index contributed by atoms with van der Waals surface area (Å²) in [6, 6.07) is 0. The van der Waals surface area contributed by atoms with Crippen LogP contribution in [0.2, 0.25) is 16.6 Å². The van der Waals surface area contributed by atoms with Crippen molar-refractivity contribution in [2.75, 3.05) is 0 Å². The molecule has 0 fully saturated rings. The molecule has 0 saturated heterocycles. The van der Waals surface area contributed by atoms with E-state index >= 15 is 0 Å². The second kappa shape index (κ2) is 5.79. The van der Waals surface area contributed by atoms with Crippen molar-refractivity contribution in [3.63, 3.8) is 0 Å². The second-order valence-corrected chi connectivity index (χ2v) is 8.40. The van der Waals surface area contributed by atoms with Gasteiger partial charge in [0.1, 0.15) is 0 Å². The lowest BCUT2D eigenvalue weighted by atomic mass is 10.3. The summed E-state index contributed by atoms with van der Waals surface area (Å²) in [6.45, 7) is 14.4. The van der Waals surface area contributed by atoms with Crippen LogP contribution in [0.5, 0.6) is 0 Å². The first-order chi connectivity index (χ1) is 5.54. The van der Waals surface area contributed by atoms with Gasteiger partial charge in [-0.1, -0.05) is 59.9 Å². The number of rotatable bonds is 5. The summed E-state index contributed by atoms with van der Waals surface area (Å²) in [4.78, 5) is 0. The van der Waals surface area contributed by atoms with Gasteiger partial charge in [-0.3, -0.25) is 0 Å². The van der Waals surface area contributed by atoms with Gasteiger partial charge in [-0.05, 0) is 11.1 Å². The van der Waals surface area contributed by atoms with Crippen LogP contribution in [-0.2, 0) is 0 Å². The first kappa shape index (κ1) is 12.2. The number of hydrogen-bond donors (Lipinski definition) is 0. The Hall–Kier alpha value is 0.217. The van der Waals surface area contributed by atoms with Gasteiger partial charge in [0.25, 0.3) is 0 Å². The Bertz CT molecular complexity index is 99.6. The van der Waals surface area contributed by atoms with Gasteiger partial charge in [0.15, 0.2) is 0 Å². The molecule has 2 unspecified atom stereocenters. The minimum Gasteiger partial charge on any atom is -0.0654 e. The maximum atomic E-state index is 2.44. The van der Waals surface area contributed by atoms with E-state index in [9.17, 15) is 0 Å². The molecule has 1 radical (unpaired) electrons. The van der Waals surface area contributed by atoms with Gasteiger partial charge in [0.05, 0.1) is 8.80 Å². The molecular weight excluding hydrogens is 160 g/mol. The molecule has 0 rings (SSSR count). The third-order valence-electron chi connectivity index (χ3n) is 3.03. The van der Waals surface area contributed by atoms with Crippen molar-refractivity contribution in [2.45, 2.75) is 71.0 Å². The molecule has 0 saturated carbocycles. The molecule has 0 bridgehead atoms.